The number of rotatable bonds is 4. The zero-order valence-corrected chi connectivity index (χ0v) is 13.4. The van der Waals surface area contributed by atoms with E-state index in [0.29, 0.717) is 12.2 Å². The van der Waals surface area contributed by atoms with E-state index in [1.807, 2.05) is 37.3 Å². The third kappa shape index (κ3) is 3.45. The van der Waals surface area contributed by atoms with E-state index in [1.54, 1.807) is 12.1 Å². The van der Waals surface area contributed by atoms with Gasteiger partial charge in [0.25, 0.3) is 0 Å². The Morgan fingerprint density at radius 2 is 1.83 bits per heavy atom. The van der Waals surface area contributed by atoms with Gasteiger partial charge in [0.15, 0.2) is 0 Å². The van der Waals surface area contributed by atoms with Crippen LogP contribution in [-0.2, 0) is 9.59 Å². The number of hydrogen-bond acceptors (Lipinski definition) is 2. The summed E-state index contributed by atoms with van der Waals surface area (Å²) in [6.07, 6.45) is 0.171. The number of nitrogens with one attached hydrogen (secondary N) is 1. The summed E-state index contributed by atoms with van der Waals surface area (Å²) in [5.74, 6) is -0.997. The van der Waals surface area contributed by atoms with Gasteiger partial charge in [0, 0.05) is 18.7 Å². The average molecular weight is 326 g/mol. The van der Waals surface area contributed by atoms with Crippen molar-refractivity contribution < 1.29 is 14.0 Å². The van der Waals surface area contributed by atoms with Crippen LogP contribution in [0.3, 0.4) is 0 Å². The topological polar surface area (TPSA) is 49.4 Å². The number of halogens is 1. The lowest BCUT2D eigenvalue weighted by molar-refractivity contribution is -0.126. The van der Waals surface area contributed by atoms with Crippen molar-refractivity contribution in [2.24, 2.45) is 5.92 Å². The van der Waals surface area contributed by atoms with Gasteiger partial charge in [-0.05, 0) is 36.8 Å². The van der Waals surface area contributed by atoms with Crippen LogP contribution in [-0.4, -0.2) is 18.4 Å². The minimum atomic E-state index is -0.395. The first-order valence-corrected chi connectivity index (χ1v) is 7.96. The van der Waals surface area contributed by atoms with E-state index < -0.39 is 5.92 Å². The molecule has 0 radical (unpaired) electrons. The first-order chi connectivity index (χ1) is 11.5. The number of carbonyl (C=O) groups excluding carboxylic acids is 2. The van der Waals surface area contributed by atoms with Gasteiger partial charge in [-0.2, -0.15) is 0 Å². The van der Waals surface area contributed by atoms with Crippen molar-refractivity contribution in [3.05, 3.63) is 66.0 Å². The monoisotopic (exact) mass is 326 g/mol. The fraction of sp³-hybridized carbons (Fsp3) is 0.263. The van der Waals surface area contributed by atoms with Crippen LogP contribution in [0.1, 0.15) is 24.9 Å². The van der Waals surface area contributed by atoms with Crippen molar-refractivity contribution in [3.63, 3.8) is 0 Å². The smallest absolute Gasteiger partial charge is 0.227 e. The summed E-state index contributed by atoms with van der Waals surface area (Å²) in [5, 5.41) is 2.96. The third-order valence-corrected chi connectivity index (χ3v) is 4.29. The molecule has 3 rings (SSSR count). The lowest BCUT2D eigenvalue weighted by atomic mass is 10.1. The number of benzene rings is 2. The van der Waals surface area contributed by atoms with Crippen LogP contribution in [0.5, 0.6) is 0 Å². The van der Waals surface area contributed by atoms with Crippen LogP contribution in [0.15, 0.2) is 54.6 Å². The van der Waals surface area contributed by atoms with Crippen LogP contribution in [0, 0.1) is 11.7 Å². The second-order valence-electron chi connectivity index (χ2n) is 6.02. The van der Waals surface area contributed by atoms with Crippen molar-refractivity contribution in [1.82, 2.24) is 5.32 Å². The lowest BCUT2D eigenvalue weighted by Crippen LogP contribution is -2.34. The molecule has 1 aliphatic rings. The molecule has 1 saturated heterocycles. The standard InChI is InChI=1S/C19H19FN2O2/c1-13(14-5-3-2-4-6-14)21-19(24)15-11-18(23)22(12-15)17-9-7-16(20)8-10-17/h2-10,13,15H,11-12H2,1H3,(H,21,24)/t13-,15+/m1/s1. The Labute approximate surface area is 140 Å². The van der Waals surface area contributed by atoms with Gasteiger partial charge in [0.2, 0.25) is 11.8 Å². The van der Waals surface area contributed by atoms with Gasteiger partial charge in [-0.25, -0.2) is 4.39 Å². The molecule has 2 aromatic carbocycles. The number of anilines is 1. The Morgan fingerprint density at radius 1 is 1.17 bits per heavy atom. The van der Waals surface area contributed by atoms with Gasteiger partial charge in [-0.15, -0.1) is 0 Å². The summed E-state index contributed by atoms with van der Waals surface area (Å²) in [5.41, 5.74) is 1.64. The molecule has 0 spiro atoms. The Hall–Kier alpha value is -2.69. The normalized spacial score (nSPS) is 18.5. The van der Waals surface area contributed by atoms with E-state index in [2.05, 4.69) is 5.32 Å². The maximum atomic E-state index is 13.0. The average Bonchev–Trinajstić information content (AvgIpc) is 2.98. The highest BCUT2D eigenvalue weighted by molar-refractivity contribution is 6.00. The molecule has 5 heteroatoms. The van der Waals surface area contributed by atoms with Crippen molar-refractivity contribution in [1.29, 1.82) is 0 Å². The largest absolute Gasteiger partial charge is 0.349 e. The maximum absolute atomic E-state index is 13.0. The third-order valence-electron chi connectivity index (χ3n) is 4.29. The Balaban J connectivity index is 1.64. The van der Waals surface area contributed by atoms with Gasteiger partial charge in [-0.1, -0.05) is 30.3 Å². The van der Waals surface area contributed by atoms with E-state index >= 15 is 0 Å². The highest BCUT2D eigenvalue weighted by Gasteiger charge is 2.35. The van der Waals surface area contributed by atoms with Crippen LogP contribution in [0.2, 0.25) is 0 Å². The molecule has 2 aromatic rings. The molecule has 1 N–H and O–H groups in total. The summed E-state index contributed by atoms with van der Waals surface area (Å²) in [7, 11) is 0. The van der Waals surface area contributed by atoms with Crippen molar-refractivity contribution in [2.75, 3.05) is 11.4 Å². The zero-order chi connectivity index (χ0) is 17.1. The quantitative estimate of drug-likeness (QED) is 0.939. The van der Waals surface area contributed by atoms with Gasteiger partial charge < -0.3 is 10.2 Å². The van der Waals surface area contributed by atoms with Crippen LogP contribution >= 0.6 is 0 Å². The maximum Gasteiger partial charge on any atom is 0.227 e. The number of amides is 2. The molecule has 2 atom stereocenters. The summed E-state index contributed by atoms with van der Waals surface area (Å²) >= 11 is 0. The van der Waals surface area contributed by atoms with E-state index in [0.717, 1.165) is 5.56 Å². The summed E-state index contributed by atoms with van der Waals surface area (Å²) in [4.78, 5) is 26.2. The molecule has 124 valence electrons. The molecule has 0 saturated carbocycles. The van der Waals surface area contributed by atoms with Crippen LogP contribution < -0.4 is 10.2 Å². The molecule has 1 aliphatic heterocycles. The first kappa shape index (κ1) is 16.2. The number of hydrogen-bond donors (Lipinski definition) is 1. The van der Waals surface area contributed by atoms with Crippen molar-refractivity contribution >= 4 is 17.5 Å². The fourth-order valence-electron chi connectivity index (χ4n) is 2.91. The first-order valence-electron chi connectivity index (χ1n) is 7.96. The van der Waals surface area contributed by atoms with Crippen LogP contribution in [0.4, 0.5) is 10.1 Å². The molecule has 0 aliphatic carbocycles. The highest BCUT2D eigenvalue weighted by atomic mass is 19.1. The van der Waals surface area contributed by atoms with Crippen molar-refractivity contribution in [2.45, 2.75) is 19.4 Å². The molecule has 1 fully saturated rings. The Bertz CT molecular complexity index is 731. The SMILES string of the molecule is C[C@@H](NC(=O)[C@H]1CC(=O)N(c2ccc(F)cc2)C1)c1ccccc1. The molecular weight excluding hydrogens is 307 g/mol. The molecular formula is C19H19FN2O2. The second-order valence-corrected chi connectivity index (χ2v) is 6.02. The summed E-state index contributed by atoms with van der Waals surface area (Å²) in [6.45, 7) is 2.24. The van der Waals surface area contributed by atoms with E-state index in [-0.39, 0.29) is 30.1 Å². The van der Waals surface area contributed by atoms with Crippen molar-refractivity contribution in [3.8, 4) is 0 Å². The van der Waals surface area contributed by atoms with Gasteiger partial charge in [-0.3, -0.25) is 9.59 Å². The summed E-state index contributed by atoms with van der Waals surface area (Å²) in [6, 6.07) is 15.3. The Kier molecular flexibility index (Phi) is 4.60. The van der Waals surface area contributed by atoms with E-state index in [9.17, 15) is 14.0 Å². The van der Waals surface area contributed by atoms with Gasteiger partial charge >= 0.3 is 0 Å². The van der Waals surface area contributed by atoms with Crippen LogP contribution in [0.25, 0.3) is 0 Å². The Morgan fingerprint density at radius 3 is 2.50 bits per heavy atom. The van der Waals surface area contributed by atoms with Gasteiger partial charge in [0.1, 0.15) is 5.82 Å². The lowest BCUT2D eigenvalue weighted by Gasteiger charge is -2.19. The van der Waals surface area contributed by atoms with E-state index in [1.165, 1.54) is 17.0 Å². The molecule has 24 heavy (non-hydrogen) atoms. The molecule has 0 unspecified atom stereocenters. The molecule has 1 heterocycles. The number of nitrogens with zero attached hydrogens (tertiary/aromatic N) is 1. The van der Waals surface area contributed by atoms with E-state index in [4.69, 9.17) is 0 Å². The predicted molar refractivity (Wildman–Crippen MR) is 89.9 cm³/mol. The minimum absolute atomic E-state index is 0.117. The summed E-state index contributed by atoms with van der Waals surface area (Å²) < 4.78 is 13.0. The fourth-order valence-corrected chi connectivity index (χ4v) is 2.91. The highest BCUT2D eigenvalue weighted by Crippen LogP contribution is 2.26. The van der Waals surface area contributed by atoms with Gasteiger partial charge in [0.05, 0.1) is 12.0 Å². The number of carbonyl (C=O) groups is 2. The second kappa shape index (κ2) is 6.83. The zero-order valence-electron chi connectivity index (χ0n) is 13.4. The molecule has 0 aromatic heterocycles. The molecule has 2 amide bonds. The minimum Gasteiger partial charge on any atom is -0.349 e. The molecule has 0 bridgehead atoms. The molecule has 4 nitrogen and oxygen atoms in total. The predicted octanol–water partition coefficient (Wildman–Crippen LogP) is 3.06.